The average molecular weight is 851 g/mol. The second-order valence-corrected chi connectivity index (χ2v) is 16.4. The van der Waals surface area contributed by atoms with Gasteiger partial charge in [-0.2, -0.15) is 10.2 Å². The number of carbonyl (C=O) groups is 5. The van der Waals surface area contributed by atoms with Crippen LogP contribution in [0.25, 0.3) is 11.0 Å². The van der Waals surface area contributed by atoms with Crippen LogP contribution >= 0.6 is 0 Å². The molecule has 1 unspecified atom stereocenters. The number of benzene rings is 2. The lowest BCUT2D eigenvalue weighted by molar-refractivity contribution is -0.137. The molecule has 4 amide bonds. The van der Waals surface area contributed by atoms with Gasteiger partial charge in [0.1, 0.15) is 23.3 Å². The number of ether oxygens (including phenoxy) is 1. The zero-order valence-corrected chi connectivity index (χ0v) is 35.1. The molecule has 3 fully saturated rings. The Bertz CT molecular complexity index is 2740. The molecule has 0 radical (unpaired) electrons. The molecule has 2 saturated heterocycles. The number of nitrogens with one attached hydrogen (secondary N) is 1. The number of hydrogen-bond acceptors (Lipinski definition) is 13. The molecule has 1 aliphatic carbocycles. The lowest BCUT2D eigenvalue weighted by atomic mass is 10.0. The molecular weight excluding hydrogens is 805 g/mol. The molecule has 4 aliphatic rings. The monoisotopic (exact) mass is 850 g/mol. The summed E-state index contributed by atoms with van der Waals surface area (Å²) in [5, 5.41) is 11.8. The van der Waals surface area contributed by atoms with Gasteiger partial charge in [0.2, 0.25) is 11.8 Å². The van der Waals surface area contributed by atoms with Crippen molar-refractivity contribution in [2.24, 2.45) is 10.2 Å². The molecule has 6 heterocycles. The van der Waals surface area contributed by atoms with Crippen LogP contribution in [0.5, 0.6) is 5.75 Å². The Morgan fingerprint density at radius 2 is 1.67 bits per heavy atom. The first kappa shape index (κ1) is 41.2. The van der Waals surface area contributed by atoms with Gasteiger partial charge in [-0.05, 0) is 87.2 Å². The largest absolute Gasteiger partial charge is 0.484 e. The number of ketones is 1. The van der Waals surface area contributed by atoms with Gasteiger partial charge in [0.25, 0.3) is 17.4 Å². The lowest BCUT2D eigenvalue weighted by Gasteiger charge is -2.35. The quantitative estimate of drug-likeness (QED) is 0.103. The molecule has 0 bridgehead atoms. The minimum Gasteiger partial charge on any atom is -0.484 e. The van der Waals surface area contributed by atoms with Gasteiger partial charge >= 0.3 is 0 Å². The number of nitrogens with zero attached hydrogens (tertiary/aromatic N) is 9. The SMILES string of the molecule is CC(=O)c1c(C)c2cnc(Cc3ccc(N4CCN(C(=O)COc5ccc(N=Nc6cccc7c6CN(C6CCC(=O)NC6=O)C7=O)cc5)CC4)cn3)nc2n(C2CCCC2)c1=O. The molecule has 3 aliphatic heterocycles. The van der Waals surface area contributed by atoms with Crippen LogP contribution < -0.4 is 20.5 Å². The number of amides is 4. The molecule has 0 spiro atoms. The predicted molar refractivity (Wildman–Crippen MR) is 230 cm³/mol. The highest BCUT2D eigenvalue weighted by Gasteiger charge is 2.40. The van der Waals surface area contributed by atoms with Crippen LogP contribution in [0.2, 0.25) is 0 Å². The summed E-state index contributed by atoms with van der Waals surface area (Å²) in [7, 11) is 0. The van der Waals surface area contributed by atoms with Gasteiger partial charge in [-0.3, -0.25) is 43.6 Å². The third-order valence-electron chi connectivity index (χ3n) is 12.5. The molecule has 322 valence electrons. The van der Waals surface area contributed by atoms with E-state index in [1.807, 2.05) is 18.3 Å². The van der Waals surface area contributed by atoms with Crippen molar-refractivity contribution < 1.29 is 28.7 Å². The average Bonchev–Trinajstić information content (AvgIpc) is 3.94. The van der Waals surface area contributed by atoms with E-state index in [4.69, 9.17) is 14.7 Å². The smallest absolute Gasteiger partial charge is 0.263 e. The van der Waals surface area contributed by atoms with Crippen molar-refractivity contribution in [1.82, 2.24) is 34.6 Å². The van der Waals surface area contributed by atoms with Gasteiger partial charge in [-0.1, -0.05) is 18.9 Å². The molecule has 9 rings (SSSR count). The van der Waals surface area contributed by atoms with E-state index in [2.05, 4.69) is 25.4 Å². The summed E-state index contributed by atoms with van der Waals surface area (Å²) < 4.78 is 7.55. The van der Waals surface area contributed by atoms with Gasteiger partial charge in [0.05, 0.1) is 35.2 Å². The first-order valence-corrected chi connectivity index (χ1v) is 21.3. The standard InChI is InChI=1S/C46H46N10O7/c1-27-35-24-48-39(49-43(35)56(31-6-3-4-7-31)46(62)42(27)28(2)57)22-30-10-13-32(23-47-30)53-18-20-54(21-19-53)41(59)26-63-33-14-11-29(12-15-33)51-52-37-9-5-8-34-36(37)25-55(45(34)61)38-16-17-40(58)50-44(38)60/h5,8-15,23-24,31,38H,3-4,6-7,16-22,25-26H2,1-2H3,(H,50,58,60). The Morgan fingerprint density at radius 1 is 0.889 bits per heavy atom. The second kappa shape index (κ2) is 17.3. The summed E-state index contributed by atoms with van der Waals surface area (Å²) in [6.07, 6.45) is 8.20. The van der Waals surface area contributed by atoms with E-state index >= 15 is 0 Å². The molecular formula is C46H46N10O7. The molecule has 5 aromatic rings. The topological polar surface area (TPSA) is 202 Å². The number of rotatable bonds is 11. The normalized spacial score (nSPS) is 18.1. The van der Waals surface area contributed by atoms with Crippen molar-refractivity contribution in [1.29, 1.82) is 0 Å². The maximum Gasteiger partial charge on any atom is 0.263 e. The Balaban J connectivity index is 0.763. The molecule has 17 nitrogen and oxygen atoms in total. The van der Waals surface area contributed by atoms with Gasteiger partial charge in [-0.15, -0.1) is 0 Å². The number of pyridine rings is 2. The number of Topliss-reactive ketones (excluding diaryl/α,β-unsaturated/α-hetero) is 1. The van der Waals surface area contributed by atoms with E-state index in [1.54, 1.807) is 65.1 Å². The zero-order chi connectivity index (χ0) is 43.8. The van der Waals surface area contributed by atoms with Crippen LogP contribution in [-0.4, -0.2) is 97.6 Å². The van der Waals surface area contributed by atoms with Crippen LogP contribution in [-0.2, 0) is 27.3 Å². The predicted octanol–water partition coefficient (Wildman–Crippen LogP) is 5.31. The molecule has 3 aromatic heterocycles. The Labute approximate surface area is 362 Å². The molecule has 17 heteroatoms. The Hall–Kier alpha value is -7.17. The summed E-state index contributed by atoms with van der Waals surface area (Å²) >= 11 is 0. The lowest BCUT2D eigenvalue weighted by Crippen LogP contribution is -2.52. The summed E-state index contributed by atoms with van der Waals surface area (Å²) in [4.78, 5) is 96.0. The number of piperidine rings is 1. The molecule has 1 saturated carbocycles. The number of anilines is 1. The minimum absolute atomic E-state index is 0.00909. The molecule has 63 heavy (non-hydrogen) atoms. The van der Waals surface area contributed by atoms with E-state index in [-0.39, 0.29) is 66.7 Å². The maximum atomic E-state index is 13.6. The number of aromatic nitrogens is 4. The van der Waals surface area contributed by atoms with E-state index in [9.17, 15) is 28.8 Å². The highest BCUT2D eigenvalue weighted by atomic mass is 16.5. The van der Waals surface area contributed by atoms with Crippen molar-refractivity contribution in [3.8, 4) is 5.75 Å². The van der Waals surface area contributed by atoms with Crippen molar-refractivity contribution in [3.63, 3.8) is 0 Å². The summed E-state index contributed by atoms with van der Waals surface area (Å²) in [6, 6.07) is 15.3. The number of fused-ring (bicyclic) bond motifs is 2. The molecule has 1 N–H and O–H groups in total. The van der Waals surface area contributed by atoms with Gasteiger partial charge < -0.3 is 19.4 Å². The number of carbonyl (C=O) groups excluding carboxylic acids is 5. The molecule has 2 aromatic carbocycles. The van der Waals surface area contributed by atoms with E-state index < -0.39 is 11.9 Å². The number of piperazine rings is 1. The van der Waals surface area contributed by atoms with Crippen LogP contribution in [0.3, 0.4) is 0 Å². The fourth-order valence-corrected chi connectivity index (χ4v) is 9.07. The van der Waals surface area contributed by atoms with Crippen molar-refractivity contribution in [2.75, 3.05) is 37.7 Å². The fraction of sp³-hybridized carbons (Fsp3) is 0.370. The van der Waals surface area contributed by atoms with Gasteiger partial charge in [0.15, 0.2) is 12.4 Å². The van der Waals surface area contributed by atoms with Crippen molar-refractivity contribution in [2.45, 2.75) is 77.4 Å². The van der Waals surface area contributed by atoms with Crippen LogP contribution in [0.1, 0.15) is 94.9 Å². The minimum atomic E-state index is -0.716. The molecule has 1 atom stereocenters. The third-order valence-corrected chi connectivity index (χ3v) is 12.5. The number of aryl methyl sites for hydroxylation is 1. The number of hydrogen-bond donors (Lipinski definition) is 1. The van der Waals surface area contributed by atoms with Gasteiger partial charge in [-0.25, -0.2) is 9.97 Å². The zero-order valence-electron chi connectivity index (χ0n) is 35.1. The first-order valence-electron chi connectivity index (χ1n) is 21.3. The van der Waals surface area contributed by atoms with E-state index in [0.717, 1.165) is 42.5 Å². The highest BCUT2D eigenvalue weighted by molar-refractivity contribution is 6.06. The van der Waals surface area contributed by atoms with Crippen LogP contribution in [0.4, 0.5) is 17.1 Å². The number of imide groups is 1. The summed E-state index contributed by atoms with van der Waals surface area (Å²) in [5.41, 5.74) is 5.04. The van der Waals surface area contributed by atoms with Crippen molar-refractivity contribution in [3.05, 3.63) is 111 Å². The fourth-order valence-electron chi connectivity index (χ4n) is 9.07. The van der Waals surface area contributed by atoms with Crippen molar-refractivity contribution >= 4 is 57.5 Å². The Morgan fingerprint density at radius 3 is 2.38 bits per heavy atom. The second-order valence-electron chi connectivity index (χ2n) is 16.4. The third kappa shape index (κ3) is 8.29. The number of azo groups is 1. The maximum absolute atomic E-state index is 13.6. The van der Waals surface area contributed by atoms with Gasteiger partial charge in [0, 0.05) is 73.6 Å². The summed E-state index contributed by atoms with van der Waals surface area (Å²) in [6.45, 7) is 5.63. The summed E-state index contributed by atoms with van der Waals surface area (Å²) in [5.74, 6) is -0.397. The van der Waals surface area contributed by atoms with E-state index in [0.29, 0.717) is 77.9 Å². The van der Waals surface area contributed by atoms with Crippen LogP contribution in [0, 0.1) is 6.92 Å². The van der Waals surface area contributed by atoms with E-state index in [1.165, 1.54) is 11.8 Å². The Kier molecular flexibility index (Phi) is 11.3. The van der Waals surface area contributed by atoms with Crippen LogP contribution in [0.15, 0.2) is 82.0 Å². The highest BCUT2D eigenvalue weighted by Crippen LogP contribution is 2.35. The first-order chi connectivity index (χ1) is 30.5.